The zero-order chi connectivity index (χ0) is 16.2. The molecule has 0 amide bonds. The van der Waals surface area contributed by atoms with Crippen LogP contribution in [-0.4, -0.2) is 58.4 Å². The van der Waals surface area contributed by atoms with Crippen LogP contribution in [0.4, 0.5) is 5.95 Å². The van der Waals surface area contributed by atoms with Gasteiger partial charge in [0.15, 0.2) is 0 Å². The third-order valence-corrected chi connectivity index (χ3v) is 4.17. The summed E-state index contributed by atoms with van der Waals surface area (Å²) in [6.45, 7) is 8.30. The van der Waals surface area contributed by atoms with E-state index in [2.05, 4.69) is 34.0 Å². The minimum Gasteiger partial charge on any atom is -0.392 e. The number of hydrogen-bond acceptors (Lipinski definition) is 5. The van der Waals surface area contributed by atoms with Crippen molar-refractivity contribution in [2.24, 2.45) is 0 Å². The number of ether oxygens (including phenoxy) is 1. The first-order chi connectivity index (χ1) is 11.1. The van der Waals surface area contributed by atoms with Gasteiger partial charge in [-0.25, -0.2) is 4.98 Å². The lowest BCUT2D eigenvalue weighted by atomic mass is 10.2. The fourth-order valence-electron chi connectivity index (χ4n) is 3.22. The number of morpholine rings is 1. The van der Waals surface area contributed by atoms with Crippen LogP contribution in [-0.2, 0) is 11.3 Å². The van der Waals surface area contributed by atoms with Crippen LogP contribution in [0.25, 0.3) is 11.0 Å². The summed E-state index contributed by atoms with van der Waals surface area (Å²) < 4.78 is 5.75. The zero-order valence-electron chi connectivity index (χ0n) is 13.9. The molecule has 2 atom stereocenters. The van der Waals surface area contributed by atoms with E-state index >= 15 is 0 Å². The molecule has 3 N–H and O–H groups in total. The highest BCUT2D eigenvalue weighted by molar-refractivity contribution is 5.78. The number of aliphatic hydroxyl groups is 1. The van der Waals surface area contributed by atoms with E-state index in [9.17, 15) is 5.11 Å². The van der Waals surface area contributed by atoms with Crippen LogP contribution < -0.4 is 5.32 Å². The number of anilines is 1. The smallest absolute Gasteiger partial charge is 0.201 e. The molecule has 0 aliphatic carbocycles. The molecular formula is C17H26N4O2. The highest BCUT2D eigenvalue weighted by Gasteiger charge is 2.21. The average Bonchev–Trinajstić information content (AvgIpc) is 2.92. The largest absolute Gasteiger partial charge is 0.392 e. The number of fused-ring (bicyclic) bond motifs is 1. The van der Waals surface area contributed by atoms with Gasteiger partial charge in [0.2, 0.25) is 5.95 Å². The lowest BCUT2D eigenvalue weighted by Gasteiger charge is -2.35. The average molecular weight is 318 g/mol. The van der Waals surface area contributed by atoms with E-state index in [0.29, 0.717) is 12.2 Å². The lowest BCUT2D eigenvalue weighted by Crippen LogP contribution is -2.45. The summed E-state index contributed by atoms with van der Waals surface area (Å²) in [5.74, 6) is 0.791. The molecule has 1 saturated heterocycles. The molecule has 0 spiro atoms. The fraction of sp³-hybridized carbons (Fsp3) is 0.588. The van der Waals surface area contributed by atoms with Crippen molar-refractivity contribution in [3.63, 3.8) is 0 Å². The highest BCUT2D eigenvalue weighted by Crippen LogP contribution is 2.16. The second kappa shape index (κ2) is 7.29. The van der Waals surface area contributed by atoms with E-state index in [0.717, 1.165) is 55.1 Å². The molecule has 3 rings (SSSR count). The Morgan fingerprint density at radius 1 is 1.35 bits per heavy atom. The maximum atomic E-state index is 9.17. The van der Waals surface area contributed by atoms with Gasteiger partial charge in [-0.3, -0.25) is 4.90 Å². The van der Waals surface area contributed by atoms with Crippen LogP contribution in [0.3, 0.4) is 0 Å². The van der Waals surface area contributed by atoms with Crippen LogP contribution in [0.15, 0.2) is 18.2 Å². The number of aromatic amines is 1. The van der Waals surface area contributed by atoms with Crippen molar-refractivity contribution in [3.8, 4) is 0 Å². The third-order valence-electron chi connectivity index (χ3n) is 4.17. The summed E-state index contributed by atoms with van der Waals surface area (Å²) in [5.41, 5.74) is 2.76. The van der Waals surface area contributed by atoms with Gasteiger partial charge in [-0.05, 0) is 38.0 Å². The molecule has 0 radical (unpaired) electrons. The SMILES string of the molecule is C[C@@H]1CN(CCCNc2nc3ccc(CO)cc3[nH]2)C[C@H](C)O1. The number of rotatable bonds is 6. The van der Waals surface area contributed by atoms with Crippen molar-refractivity contribution < 1.29 is 9.84 Å². The summed E-state index contributed by atoms with van der Waals surface area (Å²) in [6.07, 6.45) is 1.71. The molecule has 0 saturated carbocycles. The molecule has 1 aromatic heterocycles. The molecule has 1 fully saturated rings. The molecule has 1 aromatic carbocycles. The second-order valence-electron chi connectivity index (χ2n) is 6.39. The molecule has 6 heteroatoms. The van der Waals surface area contributed by atoms with Crippen molar-refractivity contribution in [2.75, 3.05) is 31.5 Å². The summed E-state index contributed by atoms with van der Waals surface area (Å²) in [6, 6.07) is 5.76. The minimum absolute atomic E-state index is 0.0497. The molecule has 23 heavy (non-hydrogen) atoms. The van der Waals surface area contributed by atoms with Gasteiger partial charge in [-0.1, -0.05) is 6.07 Å². The third kappa shape index (κ3) is 4.22. The summed E-state index contributed by atoms with van der Waals surface area (Å²) in [4.78, 5) is 10.2. The van der Waals surface area contributed by atoms with Gasteiger partial charge in [0.1, 0.15) is 0 Å². The molecule has 0 bridgehead atoms. The van der Waals surface area contributed by atoms with E-state index < -0.39 is 0 Å². The van der Waals surface area contributed by atoms with Gasteiger partial charge in [0, 0.05) is 26.2 Å². The van der Waals surface area contributed by atoms with Gasteiger partial charge in [-0.15, -0.1) is 0 Å². The predicted octanol–water partition coefficient (Wildman–Crippen LogP) is 1.97. The van der Waals surface area contributed by atoms with Gasteiger partial charge in [0.25, 0.3) is 0 Å². The van der Waals surface area contributed by atoms with Crippen LogP contribution in [0.2, 0.25) is 0 Å². The van der Waals surface area contributed by atoms with Gasteiger partial charge >= 0.3 is 0 Å². The number of H-pyrrole nitrogens is 1. The summed E-state index contributed by atoms with van der Waals surface area (Å²) >= 11 is 0. The Morgan fingerprint density at radius 2 is 2.13 bits per heavy atom. The van der Waals surface area contributed by atoms with E-state index in [1.807, 2.05) is 18.2 Å². The van der Waals surface area contributed by atoms with Crippen molar-refractivity contribution in [1.82, 2.24) is 14.9 Å². The molecule has 6 nitrogen and oxygen atoms in total. The molecular weight excluding hydrogens is 292 g/mol. The first-order valence-electron chi connectivity index (χ1n) is 8.35. The molecule has 1 aliphatic rings. The number of imidazole rings is 1. The second-order valence-corrected chi connectivity index (χ2v) is 6.39. The van der Waals surface area contributed by atoms with Gasteiger partial charge < -0.3 is 20.1 Å². The maximum Gasteiger partial charge on any atom is 0.201 e. The Kier molecular flexibility index (Phi) is 5.15. The lowest BCUT2D eigenvalue weighted by molar-refractivity contribution is -0.0678. The molecule has 2 aromatic rings. The number of aliphatic hydroxyl groups excluding tert-OH is 1. The summed E-state index contributed by atoms with van der Waals surface area (Å²) in [5, 5.41) is 12.5. The van der Waals surface area contributed by atoms with Crippen LogP contribution in [0, 0.1) is 0 Å². The number of nitrogens with one attached hydrogen (secondary N) is 2. The fourth-order valence-corrected chi connectivity index (χ4v) is 3.22. The van der Waals surface area contributed by atoms with Crippen molar-refractivity contribution in [3.05, 3.63) is 23.8 Å². The van der Waals surface area contributed by atoms with E-state index in [1.54, 1.807) is 0 Å². The van der Waals surface area contributed by atoms with Gasteiger partial charge in [0.05, 0.1) is 29.8 Å². The van der Waals surface area contributed by atoms with Crippen LogP contribution >= 0.6 is 0 Å². The topological polar surface area (TPSA) is 73.4 Å². The monoisotopic (exact) mass is 318 g/mol. The Hall–Kier alpha value is -1.63. The van der Waals surface area contributed by atoms with Gasteiger partial charge in [-0.2, -0.15) is 0 Å². The van der Waals surface area contributed by atoms with Crippen molar-refractivity contribution in [1.29, 1.82) is 0 Å². The molecule has 0 unspecified atom stereocenters. The quantitative estimate of drug-likeness (QED) is 0.710. The number of benzene rings is 1. The first kappa shape index (κ1) is 16.2. The Bertz CT molecular complexity index is 633. The number of nitrogens with zero attached hydrogens (tertiary/aromatic N) is 2. The zero-order valence-corrected chi connectivity index (χ0v) is 13.9. The normalized spacial score (nSPS) is 22.6. The molecule has 126 valence electrons. The Balaban J connectivity index is 1.47. The highest BCUT2D eigenvalue weighted by atomic mass is 16.5. The first-order valence-corrected chi connectivity index (χ1v) is 8.35. The van der Waals surface area contributed by atoms with Crippen molar-refractivity contribution in [2.45, 2.75) is 39.1 Å². The minimum atomic E-state index is 0.0497. The molecule has 2 heterocycles. The van der Waals surface area contributed by atoms with E-state index in [4.69, 9.17) is 4.74 Å². The van der Waals surface area contributed by atoms with E-state index in [1.165, 1.54) is 0 Å². The number of aromatic nitrogens is 2. The Morgan fingerprint density at radius 3 is 2.87 bits per heavy atom. The van der Waals surface area contributed by atoms with Crippen LogP contribution in [0.1, 0.15) is 25.8 Å². The summed E-state index contributed by atoms with van der Waals surface area (Å²) in [7, 11) is 0. The number of hydrogen-bond donors (Lipinski definition) is 3. The Labute approximate surface area is 136 Å². The van der Waals surface area contributed by atoms with E-state index in [-0.39, 0.29) is 6.61 Å². The van der Waals surface area contributed by atoms with Crippen molar-refractivity contribution >= 4 is 17.0 Å². The predicted molar refractivity (Wildman–Crippen MR) is 91.6 cm³/mol. The molecule has 1 aliphatic heterocycles. The van der Waals surface area contributed by atoms with Crippen LogP contribution in [0.5, 0.6) is 0 Å². The standard InChI is InChI=1S/C17H26N4O2/c1-12-9-21(10-13(2)23-12)7-3-6-18-17-19-15-5-4-14(11-22)8-16(15)20-17/h4-5,8,12-13,22H,3,6-7,9-11H2,1-2H3,(H2,18,19,20)/t12-,13+. The maximum absolute atomic E-state index is 9.17.